The highest BCUT2D eigenvalue weighted by Crippen LogP contribution is 2.25. The molecule has 1 aromatic heterocycles. The second-order valence-electron chi connectivity index (χ2n) is 3.16. The fourth-order valence-corrected chi connectivity index (χ4v) is 1.98. The number of alkyl halides is 2. The Bertz CT molecular complexity index is 382. The van der Waals surface area contributed by atoms with Gasteiger partial charge in [0.05, 0.1) is 13.7 Å². The van der Waals surface area contributed by atoms with Crippen LogP contribution >= 0.6 is 11.3 Å². The minimum atomic E-state index is -2.43. The molecule has 0 bridgehead atoms. The zero-order chi connectivity index (χ0) is 12.3. The molecule has 0 unspecified atom stereocenters. The van der Waals surface area contributed by atoms with Crippen molar-refractivity contribution in [3.63, 3.8) is 0 Å². The van der Waals surface area contributed by atoms with Gasteiger partial charge in [0, 0.05) is 11.9 Å². The van der Waals surface area contributed by atoms with Crippen LogP contribution in [0, 0.1) is 6.92 Å². The lowest BCUT2D eigenvalue weighted by atomic mass is 10.4. The zero-order valence-electron chi connectivity index (χ0n) is 9.16. The van der Waals surface area contributed by atoms with Gasteiger partial charge in [0.15, 0.2) is 10.8 Å². The number of aromatic nitrogens is 1. The van der Waals surface area contributed by atoms with Crippen LogP contribution in [-0.4, -0.2) is 38.1 Å². The Hall–Kier alpha value is -1.24. The standard InChI is InChI=1S/C9H12F2N2O2S/c1-5-7(8(14)15-3)12-9(16-5)13(2)4-6(10)11/h6H,4H2,1-3H3. The molecular formula is C9H12F2N2O2S. The molecule has 16 heavy (non-hydrogen) atoms. The molecule has 0 aromatic carbocycles. The number of carbonyl (C=O) groups excluding carboxylic acids is 1. The van der Waals surface area contributed by atoms with Gasteiger partial charge in [0.2, 0.25) is 0 Å². The lowest BCUT2D eigenvalue weighted by Crippen LogP contribution is -2.23. The van der Waals surface area contributed by atoms with E-state index in [1.165, 1.54) is 30.4 Å². The average molecular weight is 250 g/mol. The minimum Gasteiger partial charge on any atom is -0.464 e. The maximum absolute atomic E-state index is 12.1. The summed E-state index contributed by atoms with van der Waals surface area (Å²) in [5.41, 5.74) is 0.184. The van der Waals surface area contributed by atoms with E-state index in [9.17, 15) is 13.6 Å². The fraction of sp³-hybridized carbons (Fsp3) is 0.556. The molecule has 0 atom stereocenters. The SMILES string of the molecule is COC(=O)c1nc(N(C)CC(F)F)sc1C. The Morgan fingerprint density at radius 3 is 2.75 bits per heavy atom. The van der Waals surface area contributed by atoms with Gasteiger partial charge in [0.25, 0.3) is 6.43 Å². The van der Waals surface area contributed by atoms with Crippen LogP contribution in [-0.2, 0) is 4.74 Å². The molecule has 7 heteroatoms. The molecule has 0 saturated heterocycles. The molecule has 90 valence electrons. The number of nitrogens with zero attached hydrogens (tertiary/aromatic N) is 2. The monoisotopic (exact) mass is 250 g/mol. The van der Waals surface area contributed by atoms with Gasteiger partial charge in [-0.25, -0.2) is 18.6 Å². The van der Waals surface area contributed by atoms with Gasteiger partial charge in [-0.05, 0) is 6.92 Å². The summed E-state index contributed by atoms with van der Waals surface area (Å²) in [5, 5.41) is 0.387. The van der Waals surface area contributed by atoms with E-state index in [1.807, 2.05) is 0 Å². The second kappa shape index (κ2) is 5.20. The van der Waals surface area contributed by atoms with Crippen molar-refractivity contribution < 1.29 is 18.3 Å². The zero-order valence-corrected chi connectivity index (χ0v) is 9.98. The number of hydrogen-bond acceptors (Lipinski definition) is 5. The Morgan fingerprint density at radius 2 is 2.25 bits per heavy atom. The lowest BCUT2D eigenvalue weighted by Gasteiger charge is -2.14. The van der Waals surface area contributed by atoms with E-state index in [4.69, 9.17) is 0 Å². The molecule has 0 radical (unpaired) electrons. The first kappa shape index (κ1) is 12.8. The van der Waals surface area contributed by atoms with E-state index >= 15 is 0 Å². The van der Waals surface area contributed by atoms with Gasteiger partial charge >= 0.3 is 5.97 Å². The van der Waals surface area contributed by atoms with Crippen LogP contribution in [0.5, 0.6) is 0 Å². The molecule has 1 rings (SSSR count). The van der Waals surface area contributed by atoms with Crippen molar-refractivity contribution in [2.45, 2.75) is 13.3 Å². The summed E-state index contributed by atoms with van der Waals surface area (Å²) in [7, 11) is 2.76. The van der Waals surface area contributed by atoms with Gasteiger partial charge in [-0.15, -0.1) is 11.3 Å². The highest BCUT2D eigenvalue weighted by atomic mass is 32.1. The molecule has 0 saturated carbocycles. The summed E-state index contributed by atoms with van der Waals surface area (Å²) < 4.78 is 28.8. The Balaban J connectivity index is 2.87. The van der Waals surface area contributed by atoms with Gasteiger partial charge in [-0.3, -0.25) is 0 Å². The minimum absolute atomic E-state index is 0.184. The predicted octanol–water partition coefficient (Wildman–Crippen LogP) is 1.94. The van der Waals surface area contributed by atoms with Crippen LogP contribution in [0.3, 0.4) is 0 Å². The van der Waals surface area contributed by atoms with Crippen LogP contribution in [0.1, 0.15) is 15.4 Å². The van der Waals surface area contributed by atoms with Crippen molar-refractivity contribution >= 4 is 22.4 Å². The van der Waals surface area contributed by atoms with Crippen molar-refractivity contribution in [1.82, 2.24) is 4.98 Å². The fourth-order valence-electron chi connectivity index (χ4n) is 1.12. The van der Waals surface area contributed by atoms with Gasteiger partial charge in [-0.2, -0.15) is 0 Å². The molecule has 0 amide bonds. The summed E-state index contributed by atoms with van der Waals surface area (Å²) in [6.07, 6.45) is -2.43. The summed E-state index contributed by atoms with van der Waals surface area (Å²) in [5.74, 6) is -0.551. The smallest absolute Gasteiger partial charge is 0.357 e. The van der Waals surface area contributed by atoms with Gasteiger partial charge < -0.3 is 9.64 Å². The van der Waals surface area contributed by atoms with Crippen LogP contribution in [0.15, 0.2) is 0 Å². The second-order valence-corrected chi connectivity index (χ2v) is 4.35. The van der Waals surface area contributed by atoms with Crippen LogP contribution in [0.4, 0.5) is 13.9 Å². The van der Waals surface area contributed by atoms with Gasteiger partial charge in [-0.1, -0.05) is 0 Å². The normalized spacial score (nSPS) is 10.6. The van der Waals surface area contributed by atoms with Crippen molar-refractivity contribution in [1.29, 1.82) is 0 Å². The highest BCUT2D eigenvalue weighted by Gasteiger charge is 2.19. The van der Waals surface area contributed by atoms with E-state index < -0.39 is 18.9 Å². The number of esters is 1. The maximum Gasteiger partial charge on any atom is 0.357 e. The summed E-state index contributed by atoms with van der Waals surface area (Å²) in [6.45, 7) is 1.29. The van der Waals surface area contributed by atoms with E-state index in [1.54, 1.807) is 6.92 Å². The number of methoxy groups -OCH3 is 1. The van der Waals surface area contributed by atoms with E-state index in [2.05, 4.69) is 9.72 Å². The van der Waals surface area contributed by atoms with Gasteiger partial charge in [0.1, 0.15) is 0 Å². The predicted molar refractivity (Wildman–Crippen MR) is 57.5 cm³/mol. The topological polar surface area (TPSA) is 42.4 Å². The third-order valence-corrected chi connectivity index (χ3v) is 2.99. The van der Waals surface area contributed by atoms with E-state index in [0.717, 1.165) is 0 Å². The van der Waals surface area contributed by atoms with Crippen molar-refractivity contribution in [3.05, 3.63) is 10.6 Å². The van der Waals surface area contributed by atoms with E-state index in [-0.39, 0.29) is 5.69 Å². The maximum atomic E-state index is 12.1. The van der Waals surface area contributed by atoms with E-state index in [0.29, 0.717) is 10.0 Å². The molecule has 0 N–H and O–H groups in total. The molecule has 1 heterocycles. The molecule has 0 fully saturated rings. The molecular weight excluding hydrogens is 238 g/mol. The molecule has 0 aliphatic heterocycles. The third kappa shape index (κ3) is 2.88. The Labute approximate surface area is 95.8 Å². The molecule has 4 nitrogen and oxygen atoms in total. The number of rotatable bonds is 4. The number of thiazole rings is 1. The lowest BCUT2D eigenvalue weighted by molar-refractivity contribution is 0.0594. The van der Waals surface area contributed by atoms with Crippen LogP contribution in [0.25, 0.3) is 0 Å². The third-order valence-electron chi connectivity index (χ3n) is 1.90. The quantitative estimate of drug-likeness (QED) is 0.766. The summed E-state index contributed by atoms with van der Waals surface area (Å²) in [4.78, 5) is 17.2. The number of aryl methyl sites for hydroxylation is 1. The number of ether oxygens (including phenoxy) is 1. The van der Waals surface area contributed by atoms with Crippen molar-refractivity contribution in [2.24, 2.45) is 0 Å². The number of carbonyl (C=O) groups is 1. The average Bonchev–Trinajstić information content (AvgIpc) is 2.58. The number of hydrogen-bond donors (Lipinski definition) is 0. The first-order valence-corrected chi connectivity index (χ1v) is 5.32. The van der Waals surface area contributed by atoms with Crippen LogP contribution < -0.4 is 4.90 Å². The Kier molecular flexibility index (Phi) is 4.17. The largest absolute Gasteiger partial charge is 0.464 e. The summed E-state index contributed by atoms with van der Waals surface area (Å²) in [6, 6.07) is 0. The van der Waals surface area contributed by atoms with Crippen LogP contribution in [0.2, 0.25) is 0 Å². The molecule has 0 aliphatic rings. The first-order valence-electron chi connectivity index (χ1n) is 4.50. The summed E-state index contributed by atoms with van der Waals surface area (Å²) >= 11 is 1.19. The Morgan fingerprint density at radius 1 is 1.62 bits per heavy atom. The van der Waals surface area contributed by atoms with Crippen molar-refractivity contribution in [2.75, 3.05) is 25.6 Å². The number of anilines is 1. The molecule has 0 spiro atoms. The molecule has 1 aromatic rings. The molecule has 0 aliphatic carbocycles. The first-order chi connectivity index (χ1) is 7.45. The highest BCUT2D eigenvalue weighted by molar-refractivity contribution is 7.15. The van der Waals surface area contributed by atoms with Crippen molar-refractivity contribution in [3.8, 4) is 0 Å². The number of halogens is 2.